The van der Waals surface area contributed by atoms with Crippen LogP contribution >= 0.6 is 0 Å². The number of anilines is 1. The molecule has 7 nitrogen and oxygen atoms in total. The molecule has 0 amide bonds. The Hall–Kier alpha value is -2.45. The molecule has 128 valence electrons. The number of para-hydroxylation sites is 1. The van der Waals surface area contributed by atoms with Crippen LogP contribution in [0.1, 0.15) is 5.56 Å². The third-order valence-corrected chi connectivity index (χ3v) is 4.61. The first kappa shape index (κ1) is 17.9. The minimum absolute atomic E-state index is 0.142. The maximum Gasteiger partial charge on any atom is 0.311 e. The molecule has 2 aromatic rings. The molecule has 0 heterocycles. The number of nitrogens with zero attached hydrogens (tertiary/aromatic N) is 2. The van der Waals surface area contributed by atoms with E-state index in [0.29, 0.717) is 6.54 Å². The van der Waals surface area contributed by atoms with E-state index in [1.165, 1.54) is 18.2 Å². The number of aliphatic hydroxyl groups is 1. The van der Waals surface area contributed by atoms with Crippen molar-refractivity contribution in [3.8, 4) is 0 Å². The molecular weight excluding hydrogens is 332 g/mol. The van der Waals surface area contributed by atoms with Gasteiger partial charge < -0.3 is 10.0 Å². The summed E-state index contributed by atoms with van der Waals surface area (Å²) < 4.78 is 23.8. The van der Waals surface area contributed by atoms with Gasteiger partial charge in [-0.05, 0) is 17.7 Å². The lowest BCUT2D eigenvalue weighted by atomic mass is 10.2. The third-order valence-electron chi connectivity index (χ3n) is 3.49. The summed E-state index contributed by atoms with van der Waals surface area (Å²) in [5.41, 5.74) is 0.593. The molecule has 0 aliphatic carbocycles. The van der Waals surface area contributed by atoms with Crippen LogP contribution in [-0.2, 0) is 16.4 Å². The first-order valence-corrected chi connectivity index (χ1v) is 9.11. The Morgan fingerprint density at radius 2 is 1.79 bits per heavy atom. The quantitative estimate of drug-likeness (QED) is 0.605. The molecular formula is C16H18N2O5S. The van der Waals surface area contributed by atoms with Crippen LogP contribution in [0.15, 0.2) is 53.4 Å². The minimum atomic E-state index is -3.75. The Bertz CT molecular complexity index is 822. The first-order valence-electron chi connectivity index (χ1n) is 7.22. The summed E-state index contributed by atoms with van der Waals surface area (Å²) >= 11 is 0. The molecule has 1 N–H and O–H groups in total. The number of aliphatic hydroxyl groups excluding tert-OH is 1. The number of sulfone groups is 1. The second-order valence-corrected chi connectivity index (χ2v) is 7.27. The predicted molar refractivity (Wildman–Crippen MR) is 90.8 cm³/mol. The van der Waals surface area contributed by atoms with Crippen molar-refractivity contribution in [1.82, 2.24) is 0 Å². The Labute approximate surface area is 140 Å². The highest BCUT2D eigenvalue weighted by atomic mass is 32.2. The second-order valence-electron chi connectivity index (χ2n) is 5.28. The fraction of sp³-hybridized carbons (Fsp3) is 0.250. The van der Waals surface area contributed by atoms with Crippen LogP contribution in [0.2, 0.25) is 0 Å². The van der Waals surface area contributed by atoms with E-state index >= 15 is 0 Å². The van der Waals surface area contributed by atoms with Crippen molar-refractivity contribution >= 4 is 21.2 Å². The van der Waals surface area contributed by atoms with Crippen LogP contribution in [0.25, 0.3) is 0 Å². The van der Waals surface area contributed by atoms with E-state index in [-0.39, 0.29) is 23.7 Å². The number of hydrogen-bond acceptors (Lipinski definition) is 6. The maximum atomic E-state index is 11.9. The molecule has 0 fully saturated rings. The van der Waals surface area contributed by atoms with E-state index in [1.807, 2.05) is 30.3 Å². The van der Waals surface area contributed by atoms with E-state index < -0.39 is 20.4 Å². The van der Waals surface area contributed by atoms with Gasteiger partial charge in [0.15, 0.2) is 9.84 Å². The zero-order chi connectivity index (χ0) is 17.7. The molecule has 0 radical (unpaired) electrons. The molecule has 0 aliphatic heterocycles. The molecule has 0 atom stereocenters. The number of benzene rings is 2. The van der Waals surface area contributed by atoms with Crippen molar-refractivity contribution in [3.05, 3.63) is 64.2 Å². The maximum absolute atomic E-state index is 11.9. The van der Waals surface area contributed by atoms with Crippen molar-refractivity contribution in [2.45, 2.75) is 11.4 Å². The minimum Gasteiger partial charge on any atom is -0.395 e. The standard InChI is InChI=1S/C16H18N2O5S/c1-24(22,23)15-9-5-8-14(16(15)18(20)21)17(10-11-19)12-13-6-3-2-4-7-13/h2-9,19H,10-12H2,1H3. The highest BCUT2D eigenvalue weighted by Gasteiger charge is 2.28. The van der Waals surface area contributed by atoms with Gasteiger partial charge in [-0.15, -0.1) is 0 Å². The normalized spacial score (nSPS) is 11.2. The summed E-state index contributed by atoms with van der Waals surface area (Å²) in [4.78, 5) is 12.1. The molecule has 0 aromatic heterocycles. The molecule has 0 unspecified atom stereocenters. The summed E-state index contributed by atoms with van der Waals surface area (Å²) in [7, 11) is -3.75. The smallest absolute Gasteiger partial charge is 0.311 e. The van der Waals surface area contributed by atoms with E-state index in [0.717, 1.165) is 11.8 Å². The van der Waals surface area contributed by atoms with E-state index in [9.17, 15) is 23.6 Å². The zero-order valence-corrected chi connectivity index (χ0v) is 13.9. The molecule has 0 saturated heterocycles. The summed E-state index contributed by atoms with van der Waals surface area (Å²) in [5.74, 6) is 0. The van der Waals surface area contributed by atoms with Gasteiger partial charge in [-0.2, -0.15) is 0 Å². The Morgan fingerprint density at radius 3 is 2.33 bits per heavy atom. The third kappa shape index (κ3) is 4.09. The van der Waals surface area contributed by atoms with Crippen LogP contribution < -0.4 is 4.90 Å². The lowest BCUT2D eigenvalue weighted by Crippen LogP contribution is -2.27. The highest BCUT2D eigenvalue weighted by molar-refractivity contribution is 7.90. The van der Waals surface area contributed by atoms with Gasteiger partial charge in [0.2, 0.25) is 0 Å². The summed E-state index contributed by atoms with van der Waals surface area (Å²) in [6, 6.07) is 13.4. The van der Waals surface area contributed by atoms with Gasteiger partial charge in [-0.3, -0.25) is 10.1 Å². The molecule has 0 aliphatic rings. The van der Waals surface area contributed by atoms with E-state index in [1.54, 1.807) is 4.90 Å². The second kappa shape index (κ2) is 7.41. The van der Waals surface area contributed by atoms with Crippen molar-refractivity contribution < 1.29 is 18.4 Å². The number of nitro benzene ring substituents is 1. The Balaban J connectivity index is 2.56. The van der Waals surface area contributed by atoms with Crippen LogP contribution in [0.3, 0.4) is 0 Å². The van der Waals surface area contributed by atoms with Crippen LogP contribution in [0.5, 0.6) is 0 Å². The molecule has 8 heteroatoms. The number of nitro groups is 1. The molecule has 2 rings (SSSR count). The van der Waals surface area contributed by atoms with Gasteiger partial charge in [-0.25, -0.2) is 8.42 Å². The molecule has 0 saturated carbocycles. The number of hydrogen-bond donors (Lipinski definition) is 1. The lowest BCUT2D eigenvalue weighted by Gasteiger charge is -2.24. The van der Waals surface area contributed by atoms with Crippen LogP contribution in [-0.4, -0.2) is 37.9 Å². The van der Waals surface area contributed by atoms with Crippen molar-refractivity contribution in [2.24, 2.45) is 0 Å². The van der Waals surface area contributed by atoms with Gasteiger partial charge in [0.05, 0.1) is 11.5 Å². The Kier molecular flexibility index (Phi) is 5.53. The van der Waals surface area contributed by atoms with Gasteiger partial charge in [0.25, 0.3) is 0 Å². The largest absolute Gasteiger partial charge is 0.395 e. The van der Waals surface area contributed by atoms with Gasteiger partial charge in [-0.1, -0.05) is 36.4 Å². The van der Waals surface area contributed by atoms with Crippen molar-refractivity contribution in [1.29, 1.82) is 0 Å². The monoisotopic (exact) mass is 350 g/mol. The Morgan fingerprint density at radius 1 is 1.12 bits per heavy atom. The first-order chi connectivity index (χ1) is 11.3. The van der Waals surface area contributed by atoms with Crippen molar-refractivity contribution in [2.75, 3.05) is 24.3 Å². The molecule has 2 aromatic carbocycles. The fourth-order valence-electron chi connectivity index (χ4n) is 2.46. The summed E-state index contributed by atoms with van der Waals surface area (Å²) in [5, 5.41) is 20.8. The lowest BCUT2D eigenvalue weighted by molar-refractivity contribution is -0.387. The molecule has 0 bridgehead atoms. The van der Waals surface area contributed by atoms with E-state index in [2.05, 4.69) is 0 Å². The van der Waals surface area contributed by atoms with Crippen molar-refractivity contribution in [3.63, 3.8) is 0 Å². The van der Waals surface area contributed by atoms with Gasteiger partial charge >= 0.3 is 5.69 Å². The van der Waals surface area contributed by atoms with E-state index in [4.69, 9.17) is 0 Å². The van der Waals surface area contributed by atoms with Crippen LogP contribution in [0.4, 0.5) is 11.4 Å². The fourth-order valence-corrected chi connectivity index (χ4v) is 3.31. The van der Waals surface area contributed by atoms with Gasteiger partial charge in [0, 0.05) is 19.3 Å². The highest BCUT2D eigenvalue weighted by Crippen LogP contribution is 2.35. The SMILES string of the molecule is CS(=O)(=O)c1cccc(N(CCO)Cc2ccccc2)c1[N+](=O)[O-]. The van der Waals surface area contributed by atoms with Crippen LogP contribution in [0, 0.1) is 10.1 Å². The summed E-state index contributed by atoms with van der Waals surface area (Å²) in [6.07, 6.45) is 0.937. The number of rotatable bonds is 7. The van der Waals surface area contributed by atoms with Gasteiger partial charge in [0.1, 0.15) is 10.6 Å². The topological polar surface area (TPSA) is 101 Å². The molecule has 24 heavy (non-hydrogen) atoms. The average molecular weight is 350 g/mol. The zero-order valence-electron chi connectivity index (χ0n) is 13.1. The molecule has 0 spiro atoms. The average Bonchev–Trinajstić information content (AvgIpc) is 2.54. The predicted octanol–water partition coefficient (Wildman–Crippen LogP) is 2.00. The summed E-state index contributed by atoms with van der Waals surface area (Å²) in [6.45, 7) is 0.242.